The third kappa shape index (κ3) is 1.53. The van der Waals surface area contributed by atoms with Gasteiger partial charge in [0.1, 0.15) is 5.75 Å². The lowest BCUT2D eigenvalue weighted by atomic mass is 10.1. The van der Waals surface area contributed by atoms with Crippen LogP contribution in [-0.4, -0.2) is 17.5 Å². The van der Waals surface area contributed by atoms with E-state index in [4.69, 9.17) is 4.74 Å². The van der Waals surface area contributed by atoms with Crippen LogP contribution in [0.5, 0.6) is 5.75 Å². The van der Waals surface area contributed by atoms with Gasteiger partial charge < -0.3 is 9.64 Å². The maximum absolute atomic E-state index is 12.0. The summed E-state index contributed by atoms with van der Waals surface area (Å²) in [5.41, 5.74) is 0.811. The Morgan fingerprint density at radius 3 is 2.80 bits per heavy atom. The van der Waals surface area contributed by atoms with Gasteiger partial charge in [-0.15, -0.1) is 0 Å². The van der Waals surface area contributed by atoms with Crippen molar-refractivity contribution in [3.8, 4) is 5.75 Å². The van der Waals surface area contributed by atoms with Crippen LogP contribution in [0, 0.1) is 0 Å². The highest BCUT2D eigenvalue weighted by Crippen LogP contribution is 2.40. The Hall–Kier alpha value is -1.03. The molecule has 4 heteroatoms. The van der Waals surface area contributed by atoms with Crippen LogP contribution in [0.1, 0.15) is 13.3 Å². The molecule has 0 aliphatic carbocycles. The Labute approximate surface area is 97.2 Å². The minimum absolute atomic E-state index is 0.0660. The van der Waals surface area contributed by atoms with Crippen LogP contribution in [0.4, 0.5) is 5.69 Å². The van der Waals surface area contributed by atoms with E-state index in [1.54, 1.807) is 11.9 Å². The normalized spacial score (nSPS) is 24.7. The van der Waals surface area contributed by atoms with E-state index in [2.05, 4.69) is 15.9 Å². The molecule has 1 heterocycles. The van der Waals surface area contributed by atoms with Gasteiger partial charge in [-0.25, -0.2) is 0 Å². The Bertz CT molecular complexity index is 407. The lowest BCUT2D eigenvalue weighted by molar-refractivity contribution is -0.127. The molecule has 1 amide bonds. The predicted octanol–water partition coefficient (Wildman–Crippen LogP) is 2.54. The molecule has 2 rings (SSSR count). The van der Waals surface area contributed by atoms with E-state index in [-0.39, 0.29) is 5.91 Å². The van der Waals surface area contributed by atoms with Gasteiger partial charge in [-0.05, 0) is 28.1 Å². The average Bonchev–Trinajstić information content (AvgIpc) is 2.26. The lowest BCUT2D eigenvalue weighted by Crippen LogP contribution is -2.50. The van der Waals surface area contributed by atoms with Crippen LogP contribution in [0.15, 0.2) is 24.3 Å². The minimum Gasteiger partial charge on any atom is -0.464 e. The molecule has 1 aliphatic heterocycles. The molecule has 0 N–H and O–H groups in total. The summed E-state index contributed by atoms with van der Waals surface area (Å²) in [7, 11) is 1.76. The van der Waals surface area contributed by atoms with Crippen molar-refractivity contribution in [3.63, 3.8) is 0 Å². The Morgan fingerprint density at radius 1 is 1.47 bits per heavy atom. The smallest absolute Gasteiger partial charge is 0.282 e. The van der Waals surface area contributed by atoms with Crippen LogP contribution in [0.2, 0.25) is 0 Å². The number of anilines is 1. The van der Waals surface area contributed by atoms with Gasteiger partial charge in [0.2, 0.25) is 4.51 Å². The van der Waals surface area contributed by atoms with Gasteiger partial charge in [0, 0.05) is 13.5 Å². The van der Waals surface area contributed by atoms with Crippen molar-refractivity contribution in [2.45, 2.75) is 17.9 Å². The van der Waals surface area contributed by atoms with Crippen molar-refractivity contribution < 1.29 is 9.53 Å². The average molecular weight is 270 g/mol. The molecule has 0 spiro atoms. The molecule has 0 saturated heterocycles. The summed E-state index contributed by atoms with van der Waals surface area (Å²) in [5, 5.41) is 0. The molecule has 1 atom stereocenters. The first kappa shape index (κ1) is 10.5. The Kier molecular flexibility index (Phi) is 2.46. The second-order valence-corrected chi connectivity index (χ2v) is 4.80. The molecule has 0 bridgehead atoms. The van der Waals surface area contributed by atoms with Crippen LogP contribution in [0.3, 0.4) is 0 Å². The summed E-state index contributed by atoms with van der Waals surface area (Å²) in [4.78, 5) is 13.6. The van der Waals surface area contributed by atoms with Crippen molar-refractivity contribution in [1.82, 2.24) is 0 Å². The van der Waals surface area contributed by atoms with E-state index in [1.165, 1.54) is 0 Å². The van der Waals surface area contributed by atoms with Gasteiger partial charge in [-0.3, -0.25) is 4.79 Å². The van der Waals surface area contributed by atoms with Gasteiger partial charge in [0.15, 0.2) is 0 Å². The summed E-state index contributed by atoms with van der Waals surface area (Å²) in [6.07, 6.45) is 0.588. The first-order valence-corrected chi connectivity index (χ1v) is 5.63. The third-order valence-corrected chi connectivity index (χ3v) is 3.64. The Morgan fingerprint density at radius 2 is 2.13 bits per heavy atom. The molecular weight excluding hydrogens is 258 g/mol. The van der Waals surface area contributed by atoms with Crippen LogP contribution >= 0.6 is 15.9 Å². The molecule has 0 fully saturated rings. The maximum Gasteiger partial charge on any atom is 0.282 e. The van der Waals surface area contributed by atoms with Crippen molar-refractivity contribution in [3.05, 3.63) is 24.3 Å². The van der Waals surface area contributed by atoms with Gasteiger partial charge >= 0.3 is 0 Å². The third-order valence-electron chi connectivity index (χ3n) is 2.58. The Balaban J connectivity index is 2.50. The van der Waals surface area contributed by atoms with E-state index in [0.717, 1.165) is 11.4 Å². The number of likely N-dealkylation sites (N-methyl/N-ethyl adjacent to an activating group) is 1. The van der Waals surface area contributed by atoms with Crippen molar-refractivity contribution in [2.24, 2.45) is 0 Å². The van der Waals surface area contributed by atoms with Crippen molar-refractivity contribution in [1.29, 1.82) is 0 Å². The number of para-hydroxylation sites is 2. The van der Waals surface area contributed by atoms with E-state index in [0.29, 0.717) is 6.42 Å². The molecule has 0 aromatic heterocycles. The molecular formula is C11H12BrNO2. The quantitative estimate of drug-likeness (QED) is 0.734. The van der Waals surface area contributed by atoms with E-state index < -0.39 is 4.51 Å². The molecule has 1 aliphatic rings. The molecule has 1 aromatic rings. The van der Waals surface area contributed by atoms with Gasteiger partial charge in [0.05, 0.1) is 5.69 Å². The van der Waals surface area contributed by atoms with Crippen molar-refractivity contribution in [2.75, 3.05) is 11.9 Å². The lowest BCUT2D eigenvalue weighted by Gasteiger charge is -2.37. The predicted molar refractivity (Wildman–Crippen MR) is 62.4 cm³/mol. The second kappa shape index (κ2) is 3.52. The fourth-order valence-electron chi connectivity index (χ4n) is 1.62. The number of alkyl halides is 1. The van der Waals surface area contributed by atoms with E-state index >= 15 is 0 Å². The zero-order valence-corrected chi connectivity index (χ0v) is 10.2. The maximum atomic E-state index is 12.0. The monoisotopic (exact) mass is 269 g/mol. The molecule has 15 heavy (non-hydrogen) atoms. The van der Waals surface area contributed by atoms with Crippen LogP contribution < -0.4 is 9.64 Å². The fourth-order valence-corrected chi connectivity index (χ4v) is 2.06. The zero-order chi connectivity index (χ0) is 11.1. The molecule has 0 saturated carbocycles. The topological polar surface area (TPSA) is 29.5 Å². The summed E-state index contributed by atoms with van der Waals surface area (Å²) in [6.45, 7) is 1.91. The first-order valence-electron chi connectivity index (χ1n) is 4.83. The van der Waals surface area contributed by atoms with Crippen LogP contribution in [-0.2, 0) is 4.79 Å². The molecule has 3 nitrogen and oxygen atoms in total. The second-order valence-electron chi connectivity index (χ2n) is 3.52. The van der Waals surface area contributed by atoms with E-state index in [9.17, 15) is 4.79 Å². The number of rotatable bonds is 1. The summed E-state index contributed by atoms with van der Waals surface area (Å²) in [6, 6.07) is 7.52. The number of hydrogen-bond acceptors (Lipinski definition) is 2. The highest BCUT2D eigenvalue weighted by molar-refractivity contribution is 9.10. The first-order chi connectivity index (χ1) is 7.08. The molecule has 0 radical (unpaired) electrons. The van der Waals surface area contributed by atoms with Gasteiger partial charge in [0.25, 0.3) is 5.91 Å². The highest BCUT2D eigenvalue weighted by Gasteiger charge is 2.43. The largest absolute Gasteiger partial charge is 0.464 e. The molecule has 1 aromatic carbocycles. The number of nitrogens with zero attached hydrogens (tertiary/aromatic N) is 1. The van der Waals surface area contributed by atoms with Gasteiger partial charge in [-0.1, -0.05) is 19.1 Å². The standard InChI is InChI=1S/C11H12BrNO2/c1-3-11(12)10(14)13(2)8-6-4-5-7-9(8)15-11/h4-7H,3H2,1-2H3. The van der Waals surface area contributed by atoms with Crippen molar-refractivity contribution >= 4 is 27.5 Å². The SMILES string of the molecule is CCC1(Br)Oc2ccccc2N(C)C1=O. The number of benzene rings is 1. The molecule has 80 valence electrons. The summed E-state index contributed by atoms with van der Waals surface area (Å²) < 4.78 is 4.77. The summed E-state index contributed by atoms with van der Waals surface area (Å²) >= 11 is 3.36. The molecule has 1 unspecified atom stereocenters. The number of hydrogen-bond donors (Lipinski definition) is 0. The number of carbonyl (C=O) groups excluding carboxylic acids is 1. The number of ether oxygens (including phenoxy) is 1. The highest BCUT2D eigenvalue weighted by atomic mass is 79.9. The zero-order valence-electron chi connectivity index (χ0n) is 8.66. The summed E-state index contributed by atoms with van der Waals surface area (Å²) in [5.74, 6) is 0.669. The van der Waals surface area contributed by atoms with Crippen LogP contribution in [0.25, 0.3) is 0 Å². The minimum atomic E-state index is -0.907. The number of carbonyl (C=O) groups is 1. The van der Waals surface area contributed by atoms with Gasteiger partial charge in [-0.2, -0.15) is 0 Å². The fraction of sp³-hybridized carbons (Fsp3) is 0.364. The number of amides is 1. The number of halogens is 1. The van der Waals surface area contributed by atoms with E-state index in [1.807, 2.05) is 31.2 Å². The number of fused-ring (bicyclic) bond motifs is 1.